The molecule has 1 unspecified atom stereocenters. The fourth-order valence-corrected chi connectivity index (χ4v) is 2.21. The van der Waals surface area contributed by atoms with Crippen LogP contribution in [0.3, 0.4) is 0 Å². The van der Waals surface area contributed by atoms with Crippen LogP contribution in [0.5, 0.6) is 5.75 Å². The Balaban J connectivity index is 1.85. The summed E-state index contributed by atoms with van der Waals surface area (Å²) in [5.74, 6) is 0.705. The lowest BCUT2D eigenvalue weighted by molar-refractivity contribution is -0.384. The van der Waals surface area contributed by atoms with Gasteiger partial charge in [0.2, 0.25) is 6.23 Å². The van der Waals surface area contributed by atoms with Gasteiger partial charge < -0.3 is 9.47 Å². The molecule has 0 saturated carbocycles. The molecule has 22 heavy (non-hydrogen) atoms. The van der Waals surface area contributed by atoms with E-state index in [0.717, 1.165) is 5.56 Å². The van der Waals surface area contributed by atoms with E-state index in [1.54, 1.807) is 31.4 Å². The molecule has 1 aliphatic rings. The van der Waals surface area contributed by atoms with Gasteiger partial charge >= 0.3 is 6.09 Å². The molecule has 1 heterocycles. The third kappa shape index (κ3) is 2.32. The number of hydrogen-bond acceptors (Lipinski definition) is 5. The van der Waals surface area contributed by atoms with Gasteiger partial charge in [-0.15, -0.1) is 0 Å². The Bertz CT molecular complexity index is 712. The number of nitro groups is 1. The molecule has 112 valence electrons. The van der Waals surface area contributed by atoms with E-state index in [1.807, 2.05) is 0 Å². The number of carbonyl (C=O) groups excluding carboxylic acids is 1. The highest BCUT2D eigenvalue weighted by Crippen LogP contribution is 2.37. The van der Waals surface area contributed by atoms with E-state index in [2.05, 4.69) is 0 Å². The quantitative estimate of drug-likeness (QED) is 0.639. The first-order valence-corrected chi connectivity index (χ1v) is 6.48. The Morgan fingerprint density at radius 3 is 2.27 bits per heavy atom. The van der Waals surface area contributed by atoms with Crippen LogP contribution in [0.25, 0.3) is 0 Å². The SMILES string of the molecule is COc1ccc(C2OC(=O)N2c2ccc([N+](=O)[O-])cc2)cc1. The molecular weight excluding hydrogens is 288 g/mol. The minimum atomic E-state index is -0.542. The van der Waals surface area contributed by atoms with Gasteiger partial charge in [0.25, 0.3) is 5.69 Å². The second kappa shape index (κ2) is 5.36. The molecule has 0 aromatic heterocycles. The summed E-state index contributed by atoms with van der Waals surface area (Å²) >= 11 is 0. The summed E-state index contributed by atoms with van der Waals surface area (Å²) in [7, 11) is 1.57. The molecule has 0 bridgehead atoms. The standard InChI is InChI=1S/C15H12N2O5/c1-21-13-8-2-10(3-9-13)14-16(15(18)22-14)11-4-6-12(7-5-11)17(19)20/h2-9,14H,1H3. The number of benzene rings is 2. The number of methoxy groups -OCH3 is 1. The maximum absolute atomic E-state index is 11.7. The van der Waals surface area contributed by atoms with Crippen LogP contribution in [-0.4, -0.2) is 18.1 Å². The van der Waals surface area contributed by atoms with Crippen molar-refractivity contribution in [1.29, 1.82) is 0 Å². The fraction of sp³-hybridized carbons (Fsp3) is 0.133. The third-order valence-corrected chi connectivity index (χ3v) is 3.38. The zero-order valence-electron chi connectivity index (χ0n) is 11.6. The van der Waals surface area contributed by atoms with Gasteiger partial charge in [-0.2, -0.15) is 0 Å². The van der Waals surface area contributed by atoms with Crippen LogP contribution in [0.15, 0.2) is 48.5 Å². The largest absolute Gasteiger partial charge is 0.497 e. The van der Waals surface area contributed by atoms with Gasteiger partial charge in [-0.05, 0) is 36.4 Å². The zero-order chi connectivity index (χ0) is 15.7. The summed E-state index contributed by atoms with van der Waals surface area (Å²) in [4.78, 5) is 23.3. The second-order valence-electron chi connectivity index (χ2n) is 4.65. The molecule has 2 aromatic carbocycles. The lowest BCUT2D eigenvalue weighted by Crippen LogP contribution is -2.48. The minimum absolute atomic E-state index is 0.0290. The van der Waals surface area contributed by atoms with Crippen molar-refractivity contribution in [1.82, 2.24) is 0 Å². The van der Waals surface area contributed by atoms with E-state index < -0.39 is 17.2 Å². The summed E-state index contributed by atoms with van der Waals surface area (Å²) in [5, 5.41) is 10.7. The molecule has 3 rings (SSSR count). The number of carbonyl (C=O) groups is 1. The Morgan fingerprint density at radius 2 is 1.77 bits per heavy atom. The summed E-state index contributed by atoms with van der Waals surface area (Å²) in [6, 6.07) is 12.9. The number of nitrogens with zero attached hydrogens (tertiary/aromatic N) is 2. The van der Waals surface area contributed by atoms with Crippen LogP contribution in [0.1, 0.15) is 11.8 Å². The molecule has 1 atom stereocenters. The van der Waals surface area contributed by atoms with Gasteiger partial charge in [0, 0.05) is 17.7 Å². The summed E-state index contributed by atoms with van der Waals surface area (Å²) < 4.78 is 10.2. The Morgan fingerprint density at radius 1 is 1.14 bits per heavy atom. The molecule has 0 radical (unpaired) electrons. The number of non-ortho nitro benzene ring substituents is 1. The molecule has 0 N–H and O–H groups in total. The summed E-state index contributed by atoms with van der Waals surface area (Å²) in [5.41, 5.74) is 1.31. The number of nitro benzene ring substituents is 1. The first kappa shape index (κ1) is 13.9. The maximum Gasteiger partial charge on any atom is 0.419 e. The van der Waals surface area contributed by atoms with Crippen LogP contribution in [-0.2, 0) is 4.74 Å². The molecule has 2 aromatic rings. The highest BCUT2D eigenvalue weighted by molar-refractivity contribution is 5.93. The van der Waals surface area contributed by atoms with Crippen molar-refractivity contribution in [3.8, 4) is 5.75 Å². The molecule has 1 amide bonds. The van der Waals surface area contributed by atoms with E-state index in [1.165, 1.54) is 29.2 Å². The number of hydrogen-bond donors (Lipinski definition) is 0. The Labute approximate surface area is 125 Å². The minimum Gasteiger partial charge on any atom is -0.497 e. The predicted molar refractivity (Wildman–Crippen MR) is 77.8 cm³/mol. The number of anilines is 1. The van der Waals surface area contributed by atoms with Gasteiger partial charge in [-0.1, -0.05) is 0 Å². The lowest BCUT2D eigenvalue weighted by Gasteiger charge is -2.39. The number of cyclic esters (lactones) is 1. The molecule has 1 aliphatic heterocycles. The molecule has 0 aliphatic carbocycles. The van der Waals surface area contributed by atoms with E-state index in [4.69, 9.17) is 9.47 Å². The van der Waals surface area contributed by atoms with Crippen LogP contribution in [0.4, 0.5) is 16.2 Å². The smallest absolute Gasteiger partial charge is 0.419 e. The van der Waals surface area contributed by atoms with Crippen molar-refractivity contribution in [2.45, 2.75) is 6.23 Å². The van der Waals surface area contributed by atoms with Crippen molar-refractivity contribution in [2.75, 3.05) is 12.0 Å². The number of ether oxygens (including phenoxy) is 2. The van der Waals surface area contributed by atoms with Crippen molar-refractivity contribution in [3.63, 3.8) is 0 Å². The maximum atomic E-state index is 11.7. The topological polar surface area (TPSA) is 81.9 Å². The van der Waals surface area contributed by atoms with Gasteiger partial charge in [-0.3, -0.25) is 10.1 Å². The molecule has 1 fully saturated rings. The summed E-state index contributed by atoms with van der Waals surface area (Å²) in [6.45, 7) is 0. The van der Waals surface area contributed by atoms with E-state index >= 15 is 0 Å². The molecule has 7 heteroatoms. The van der Waals surface area contributed by atoms with E-state index in [9.17, 15) is 14.9 Å². The van der Waals surface area contributed by atoms with E-state index in [0.29, 0.717) is 11.4 Å². The number of amides is 1. The predicted octanol–water partition coefficient (Wildman–Crippen LogP) is 3.26. The lowest BCUT2D eigenvalue weighted by atomic mass is 10.1. The number of rotatable bonds is 4. The summed E-state index contributed by atoms with van der Waals surface area (Å²) in [6.07, 6.45) is -1.03. The van der Waals surface area contributed by atoms with Crippen LogP contribution in [0.2, 0.25) is 0 Å². The average molecular weight is 300 g/mol. The highest BCUT2D eigenvalue weighted by atomic mass is 16.6. The molecule has 7 nitrogen and oxygen atoms in total. The van der Waals surface area contributed by atoms with Crippen LogP contribution < -0.4 is 9.64 Å². The van der Waals surface area contributed by atoms with E-state index in [-0.39, 0.29) is 5.69 Å². The average Bonchev–Trinajstić information content (AvgIpc) is 2.53. The van der Waals surface area contributed by atoms with Crippen molar-refractivity contribution in [3.05, 3.63) is 64.2 Å². The second-order valence-corrected chi connectivity index (χ2v) is 4.65. The first-order chi connectivity index (χ1) is 10.6. The zero-order valence-corrected chi connectivity index (χ0v) is 11.6. The van der Waals surface area contributed by atoms with Gasteiger partial charge in [0.1, 0.15) is 5.75 Å². The molecule has 1 saturated heterocycles. The fourth-order valence-electron chi connectivity index (χ4n) is 2.21. The van der Waals surface area contributed by atoms with Gasteiger partial charge in [-0.25, -0.2) is 9.69 Å². The third-order valence-electron chi connectivity index (χ3n) is 3.38. The monoisotopic (exact) mass is 300 g/mol. The molecular formula is C15H12N2O5. The molecule has 0 spiro atoms. The van der Waals surface area contributed by atoms with Gasteiger partial charge in [0.05, 0.1) is 17.7 Å². The Hall–Kier alpha value is -3.09. The van der Waals surface area contributed by atoms with Gasteiger partial charge in [0.15, 0.2) is 0 Å². The van der Waals surface area contributed by atoms with Crippen LogP contribution >= 0.6 is 0 Å². The normalized spacial score (nSPS) is 16.7. The first-order valence-electron chi connectivity index (χ1n) is 6.48. The highest BCUT2D eigenvalue weighted by Gasteiger charge is 2.40. The van der Waals surface area contributed by atoms with Crippen LogP contribution in [0, 0.1) is 10.1 Å². The Kier molecular flexibility index (Phi) is 3.38. The van der Waals surface area contributed by atoms with Crippen molar-refractivity contribution >= 4 is 17.5 Å². The van der Waals surface area contributed by atoms with Crippen molar-refractivity contribution in [2.24, 2.45) is 0 Å². The van der Waals surface area contributed by atoms with Crippen molar-refractivity contribution < 1.29 is 19.2 Å².